The van der Waals surface area contributed by atoms with Crippen molar-refractivity contribution in [1.82, 2.24) is 10.6 Å². The van der Waals surface area contributed by atoms with Gasteiger partial charge in [-0.3, -0.25) is 9.59 Å². The summed E-state index contributed by atoms with van der Waals surface area (Å²) in [6, 6.07) is -0.331. The van der Waals surface area contributed by atoms with Crippen LogP contribution in [-0.4, -0.2) is 37.1 Å². The Balaban J connectivity index is 3.90. The van der Waals surface area contributed by atoms with E-state index in [1.807, 2.05) is 27.7 Å². The second kappa shape index (κ2) is 7.27. The highest BCUT2D eigenvalue weighted by molar-refractivity contribution is 5.77. The zero-order valence-corrected chi connectivity index (χ0v) is 11.4. The molecule has 0 radical (unpaired) electrons. The molecule has 0 saturated heterocycles. The van der Waals surface area contributed by atoms with Crippen molar-refractivity contribution in [2.24, 2.45) is 0 Å². The van der Waals surface area contributed by atoms with Crippen LogP contribution in [0.2, 0.25) is 0 Å². The van der Waals surface area contributed by atoms with Gasteiger partial charge >= 0.3 is 5.97 Å². The predicted molar refractivity (Wildman–Crippen MR) is 66.6 cm³/mol. The van der Waals surface area contributed by atoms with E-state index in [9.17, 15) is 9.59 Å². The molecule has 1 unspecified atom stereocenters. The van der Waals surface area contributed by atoms with Crippen LogP contribution < -0.4 is 10.6 Å². The number of ether oxygens (including phenoxy) is 1. The predicted octanol–water partition coefficient (Wildman–Crippen LogP) is 0.832. The minimum Gasteiger partial charge on any atom is -0.468 e. The van der Waals surface area contributed by atoms with Crippen molar-refractivity contribution in [3.63, 3.8) is 0 Å². The van der Waals surface area contributed by atoms with E-state index in [2.05, 4.69) is 15.4 Å². The van der Waals surface area contributed by atoms with Crippen molar-refractivity contribution in [1.29, 1.82) is 0 Å². The number of esters is 1. The fourth-order valence-corrected chi connectivity index (χ4v) is 1.38. The first-order chi connectivity index (χ1) is 7.80. The molecule has 0 aromatic heterocycles. The first-order valence-corrected chi connectivity index (χ1v) is 5.92. The Bertz CT molecular complexity index is 259. The molecule has 0 rings (SSSR count). The summed E-state index contributed by atoms with van der Waals surface area (Å²) in [5, 5.41) is 5.86. The summed E-state index contributed by atoms with van der Waals surface area (Å²) in [5.74, 6) is -0.312. The third-order valence-corrected chi connectivity index (χ3v) is 2.15. The number of amides is 1. The average molecular weight is 244 g/mol. The molecule has 100 valence electrons. The number of carbonyl (C=O) groups excluding carboxylic acids is 2. The van der Waals surface area contributed by atoms with Crippen molar-refractivity contribution in [2.45, 2.75) is 52.1 Å². The van der Waals surface area contributed by atoms with E-state index in [4.69, 9.17) is 0 Å². The molecule has 0 aromatic rings. The van der Waals surface area contributed by atoms with E-state index in [0.717, 1.165) is 0 Å². The van der Waals surface area contributed by atoms with Gasteiger partial charge in [-0.05, 0) is 27.2 Å². The Morgan fingerprint density at radius 2 is 1.88 bits per heavy atom. The van der Waals surface area contributed by atoms with Crippen molar-refractivity contribution >= 4 is 11.9 Å². The molecule has 0 spiro atoms. The summed E-state index contributed by atoms with van der Waals surface area (Å²) in [6.45, 7) is 8.16. The molecular weight excluding hydrogens is 220 g/mol. The molecule has 0 aliphatic heterocycles. The maximum Gasteiger partial charge on any atom is 0.322 e. The highest BCUT2D eigenvalue weighted by Crippen LogP contribution is 1.99. The Morgan fingerprint density at radius 3 is 2.29 bits per heavy atom. The molecule has 0 bridgehead atoms. The van der Waals surface area contributed by atoms with Crippen LogP contribution in [-0.2, 0) is 14.3 Å². The summed E-state index contributed by atoms with van der Waals surface area (Å²) in [7, 11) is 1.36. The monoisotopic (exact) mass is 244 g/mol. The van der Waals surface area contributed by atoms with Gasteiger partial charge in [0.15, 0.2) is 0 Å². The van der Waals surface area contributed by atoms with E-state index in [-0.39, 0.29) is 23.5 Å². The normalized spacial score (nSPS) is 13.0. The van der Waals surface area contributed by atoms with Crippen LogP contribution in [0.1, 0.15) is 40.5 Å². The average Bonchev–Trinajstić information content (AvgIpc) is 2.21. The van der Waals surface area contributed by atoms with Crippen molar-refractivity contribution < 1.29 is 14.3 Å². The lowest BCUT2D eigenvalue weighted by molar-refractivity contribution is -0.143. The number of nitrogens with one attached hydrogen (secondary N) is 2. The minimum absolute atomic E-state index is 0.0234. The fraction of sp³-hybridized carbons (Fsp3) is 0.833. The van der Waals surface area contributed by atoms with E-state index in [1.165, 1.54) is 7.11 Å². The van der Waals surface area contributed by atoms with E-state index >= 15 is 0 Å². The smallest absolute Gasteiger partial charge is 0.322 e. The van der Waals surface area contributed by atoms with Gasteiger partial charge in [0.2, 0.25) is 5.91 Å². The third kappa shape index (κ3) is 7.74. The fourth-order valence-electron chi connectivity index (χ4n) is 1.38. The van der Waals surface area contributed by atoms with Gasteiger partial charge in [0.25, 0.3) is 0 Å². The molecule has 0 heterocycles. The van der Waals surface area contributed by atoms with Gasteiger partial charge < -0.3 is 15.4 Å². The summed E-state index contributed by atoms with van der Waals surface area (Å²) < 4.78 is 4.64. The largest absolute Gasteiger partial charge is 0.468 e. The van der Waals surface area contributed by atoms with Crippen LogP contribution in [0, 0.1) is 0 Å². The van der Waals surface area contributed by atoms with E-state index in [1.54, 1.807) is 0 Å². The van der Waals surface area contributed by atoms with Crippen LogP contribution in [0.5, 0.6) is 0 Å². The SMILES string of the molecule is CCC(NCCC(=O)NC(C)(C)C)C(=O)OC. The minimum atomic E-state index is -0.331. The molecule has 0 saturated carbocycles. The number of hydrogen-bond acceptors (Lipinski definition) is 4. The topological polar surface area (TPSA) is 67.4 Å². The molecule has 0 aromatic carbocycles. The van der Waals surface area contributed by atoms with E-state index < -0.39 is 0 Å². The standard InChI is InChI=1S/C12H24N2O3/c1-6-9(11(16)17-5)13-8-7-10(15)14-12(2,3)4/h9,13H,6-8H2,1-5H3,(H,14,15). The first-order valence-electron chi connectivity index (χ1n) is 5.92. The van der Waals surface area contributed by atoms with E-state index in [0.29, 0.717) is 19.4 Å². The summed E-state index contributed by atoms with van der Waals surface area (Å²) >= 11 is 0. The summed E-state index contributed by atoms with van der Waals surface area (Å²) in [6.07, 6.45) is 0.998. The highest BCUT2D eigenvalue weighted by Gasteiger charge is 2.17. The second-order valence-corrected chi connectivity index (χ2v) is 4.99. The van der Waals surface area contributed by atoms with Crippen molar-refractivity contribution in [3.8, 4) is 0 Å². The van der Waals surface area contributed by atoms with Gasteiger partial charge in [-0.1, -0.05) is 6.92 Å². The number of methoxy groups -OCH3 is 1. The Labute approximate surface area is 103 Å². The van der Waals surface area contributed by atoms with Gasteiger partial charge in [0, 0.05) is 18.5 Å². The molecule has 1 amide bonds. The van der Waals surface area contributed by atoms with Crippen LogP contribution >= 0.6 is 0 Å². The molecule has 17 heavy (non-hydrogen) atoms. The Hall–Kier alpha value is -1.10. The summed E-state index contributed by atoms with van der Waals surface area (Å²) in [4.78, 5) is 22.8. The van der Waals surface area contributed by atoms with Crippen LogP contribution in [0.4, 0.5) is 0 Å². The zero-order valence-electron chi connectivity index (χ0n) is 11.4. The second-order valence-electron chi connectivity index (χ2n) is 4.99. The summed E-state index contributed by atoms with van der Waals surface area (Å²) in [5.41, 5.74) is -0.219. The van der Waals surface area contributed by atoms with Gasteiger partial charge in [0.05, 0.1) is 7.11 Å². The zero-order chi connectivity index (χ0) is 13.5. The van der Waals surface area contributed by atoms with Gasteiger partial charge in [-0.25, -0.2) is 0 Å². The quantitative estimate of drug-likeness (QED) is 0.679. The maximum absolute atomic E-state index is 11.5. The van der Waals surface area contributed by atoms with Crippen molar-refractivity contribution in [3.05, 3.63) is 0 Å². The highest BCUT2D eigenvalue weighted by atomic mass is 16.5. The molecule has 2 N–H and O–H groups in total. The molecule has 5 heteroatoms. The Kier molecular flexibility index (Phi) is 6.80. The van der Waals surface area contributed by atoms with Gasteiger partial charge in [-0.15, -0.1) is 0 Å². The Morgan fingerprint density at radius 1 is 1.29 bits per heavy atom. The lowest BCUT2D eigenvalue weighted by Crippen LogP contribution is -2.43. The molecule has 0 aliphatic rings. The molecule has 0 fully saturated rings. The van der Waals surface area contributed by atoms with Crippen LogP contribution in [0.3, 0.4) is 0 Å². The van der Waals surface area contributed by atoms with Crippen molar-refractivity contribution in [2.75, 3.05) is 13.7 Å². The molecular formula is C12H24N2O3. The number of rotatable bonds is 6. The number of hydrogen-bond donors (Lipinski definition) is 2. The first kappa shape index (κ1) is 15.9. The lowest BCUT2D eigenvalue weighted by atomic mass is 10.1. The molecule has 0 aliphatic carbocycles. The van der Waals surface area contributed by atoms with Crippen LogP contribution in [0.15, 0.2) is 0 Å². The molecule has 5 nitrogen and oxygen atoms in total. The third-order valence-electron chi connectivity index (χ3n) is 2.15. The van der Waals surface area contributed by atoms with Gasteiger partial charge in [-0.2, -0.15) is 0 Å². The van der Waals surface area contributed by atoms with Gasteiger partial charge in [0.1, 0.15) is 6.04 Å². The number of carbonyl (C=O) groups is 2. The lowest BCUT2D eigenvalue weighted by Gasteiger charge is -2.21. The molecule has 1 atom stereocenters. The maximum atomic E-state index is 11.5. The van der Waals surface area contributed by atoms with Crippen LogP contribution in [0.25, 0.3) is 0 Å².